The molecule has 0 bridgehead atoms. The highest BCUT2D eigenvalue weighted by molar-refractivity contribution is 7.80. The first-order valence-electron chi connectivity index (χ1n) is 7.48. The highest BCUT2D eigenvalue weighted by Gasteiger charge is 2.33. The molecule has 0 radical (unpaired) electrons. The van der Waals surface area contributed by atoms with Crippen molar-refractivity contribution in [1.29, 1.82) is 0 Å². The quantitative estimate of drug-likeness (QED) is 0.651. The molecular formula is C17H24O2S. The SMILES string of the molecule is CC1CCC(C(C)C)C(OC(=O)c2ccccc2S)C1. The Kier molecular flexibility index (Phi) is 5.14. The van der Waals surface area contributed by atoms with Crippen molar-refractivity contribution in [3.63, 3.8) is 0 Å². The Morgan fingerprint density at radius 1 is 1.30 bits per heavy atom. The van der Waals surface area contributed by atoms with E-state index in [4.69, 9.17) is 4.74 Å². The predicted octanol–water partition coefficient (Wildman–Crippen LogP) is 4.59. The van der Waals surface area contributed by atoms with Gasteiger partial charge in [0, 0.05) is 4.90 Å². The molecule has 110 valence electrons. The normalized spacial score (nSPS) is 26.6. The zero-order valence-corrected chi connectivity index (χ0v) is 13.4. The van der Waals surface area contributed by atoms with Crippen LogP contribution < -0.4 is 0 Å². The minimum Gasteiger partial charge on any atom is -0.458 e. The van der Waals surface area contributed by atoms with Crippen molar-refractivity contribution in [1.82, 2.24) is 0 Å². The van der Waals surface area contributed by atoms with Crippen LogP contribution in [0.1, 0.15) is 50.4 Å². The molecule has 3 unspecified atom stereocenters. The molecular weight excluding hydrogens is 268 g/mol. The second-order valence-corrected chi connectivity index (χ2v) is 6.77. The number of hydrogen-bond acceptors (Lipinski definition) is 3. The molecule has 0 aromatic heterocycles. The molecule has 0 aliphatic heterocycles. The van der Waals surface area contributed by atoms with Gasteiger partial charge >= 0.3 is 5.97 Å². The molecule has 0 saturated heterocycles. The summed E-state index contributed by atoms with van der Waals surface area (Å²) in [6, 6.07) is 7.32. The highest BCUT2D eigenvalue weighted by Crippen LogP contribution is 2.35. The summed E-state index contributed by atoms with van der Waals surface area (Å²) < 4.78 is 5.81. The number of hydrogen-bond donors (Lipinski definition) is 1. The summed E-state index contributed by atoms with van der Waals surface area (Å²) in [6.45, 7) is 6.67. The van der Waals surface area contributed by atoms with Crippen LogP contribution in [0.4, 0.5) is 0 Å². The van der Waals surface area contributed by atoms with E-state index < -0.39 is 0 Å². The van der Waals surface area contributed by atoms with Gasteiger partial charge in [-0.15, -0.1) is 12.6 Å². The highest BCUT2D eigenvalue weighted by atomic mass is 32.1. The zero-order valence-electron chi connectivity index (χ0n) is 12.5. The van der Waals surface area contributed by atoms with E-state index in [0.29, 0.717) is 28.2 Å². The van der Waals surface area contributed by atoms with Crippen LogP contribution in [0.3, 0.4) is 0 Å². The van der Waals surface area contributed by atoms with Crippen molar-refractivity contribution in [2.75, 3.05) is 0 Å². The lowest BCUT2D eigenvalue weighted by atomic mass is 9.75. The summed E-state index contributed by atoms with van der Waals surface area (Å²) in [5, 5.41) is 0. The molecule has 1 saturated carbocycles. The fraction of sp³-hybridized carbons (Fsp3) is 0.588. The Morgan fingerprint density at radius 3 is 2.65 bits per heavy atom. The Labute approximate surface area is 127 Å². The summed E-state index contributed by atoms with van der Waals surface area (Å²) in [4.78, 5) is 13.0. The van der Waals surface area contributed by atoms with Crippen LogP contribution >= 0.6 is 12.6 Å². The third-order valence-corrected chi connectivity index (χ3v) is 4.73. The molecule has 20 heavy (non-hydrogen) atoms. The standard InChI is InChI=1S/C17H24O2S/c1-11(2)13-9-8-12(3)10-15(13)19-17(18)14-6-4-5-7-16(14)20/h4-7,11-13,15,20H,8-10H2,1-3H3. The Balaban J connectivity index is 2.10. The first kappa shape index (κ1) is 15.4. The third-order valence-electron chi connectivity index (χ3n) is 4.34. The topological polar surface area (TPSA) is 26.3 Å². The number of esters is 1. The van der Waals surface area contributed by atoms with Gasteiger partial charge in [-0.25, -0.2) is 4.79 Å². The fourth-order valence-electron chi connectivity index (χ4n) is 3.10. The fourth-order valence-corrected chi connectivity index (χ4v) is 3.35. The van der Waals surface area contributed by atoms with Gasteiger partial charge in [-0.05, 0) is 42.7 Å². The number of carbonyl (C=O) groups is 1. The molecule has 1 aromatic rings. The summed E-state index contributed by atoms with van der Waals surface area (Å²) in [7, 11) is 0. The van der Waals surface area contributed by atoms with Gasteiger partial charge in [-0.3, -0.25) is 0 Å². The summed E-state index contributed by atoms with van der Waals surface area (Å²) in [5.74, 6) is 1.42. The van der Waals surface area contributed by atoms with E-state index in [1.54, 1.807) is 6.07 Å². The van der Waals surface area contributed by atoms with Gasteiger partial charge in [0.2, 0.25) is 0 Å². The lowest BCUT2D eigenvalue weighted by molar-refractivity contribution is -0.0177. The van der Waals surface area contributed by atoms with E-state index >= 15 is 0 Å². The van der Waals surface area contributed by atoms with Crippen molar-refractivity contribution in [3.05, 3.63) is 29.8 Å². The molecule has 3 heteroatoms. The van der Waals surface area contributed by atoms with Crippen molar-refractivity contribution >= 4 is 18.6 Å². The van der Waals surface area contributed by atoms with Crippen LogP contribution in [0.15, 0.2) is 29.2 Å². The smallest absolute Gasteiger partial charge is 0.339 e. The number of carbonyl (C=O) groups excluding carboxylic acids is 1. The molecule has 3 atom stereocenters. The van der Waals surface area contributed by atoms with Gasteiger partial charge in [0.05, 0.1) is 5.56 Å². The van der Waals surface area contributed by atoms with Crippen molar-refractivity contribution in [2.24, 2.45) is 17.8 Å². The molecule has 2 nitrogen and oxygen atoms in total. The molecule has 1 aromatic carbocycles. The Bertz CT molecular complexity index is 470. The van der Waals surface area contributed by atoms with Crippen molar-refractivity contribution in [3.8, 4) is 0 Å². The monoisotopic (exact) mass is 292 g/mol. The number of thiol groups is 1. The van der Waals surface area contributed by atoms with Gasteiger partial charge in [-0.1, -0.05) is 39.3 Å². The molecule has 2 rings (SSSR count). The van der Waals surface area contributed by atoms with Crippen molar-refractivity contribution < 1.29 is 9.53 Å². The van der Waals surface area contributed by atoms with Gasteiger partial charge in [-0.2, -0.15) is 0 Å². The van der Waals surface area contributed by atoms with Crippen LogP contribution in [-0.2, 0) is 4.74 Å². The van der Waals surface area contributed by atoms with Crippen LogP contribution in [0.2, 0.25) is 0 Å². The summed E-state index contributed by atoms with van der Waals surface area (Å²) in [6.07, 6.45) is 3.40. The van der Waals surface area contributed by atoms with Crippen LogP contribution in [0.25, 0.3) is 0 Å². The van der Waals surface area contributed by atoms with Gasteiger partial charge < -0.3 is 4.74 Å². The maximum Gasteiger partial charge on any atom is 0.339 e. The van der Waals surface area contributed by atoms with E-state index in [2.05, 4.69) is 33.4 Å². The molecule has 0 amide bonds. The molecule has 0 heterocycles. The van der Waals surface area contributed by atoms with Crippen molar-refractivity contribution in [2.45, 2.75) is 51.0 Å². The van der Waals surface area contributed by atoms with Crippen LogP contribution in [0.5, 0.6) is 0 Å². The largest absolute Gasteiger partial charge is 0.458 e. The lowest BCUT2D eigenvalue weighted by Crippen LogP contribution is -2.35. The average molecular weight is 292 g/mol. The van der Waals surface area contributed by atoms with E-state index in [1.165, 1.54) is 6.42 Å². The van der Waals surface area contributed by atoms with Gasteiger partial charge in [0.15, 0.2) is 0 Å². The predicted molar refractivity (Wildman–Crippen MR) is 84.2 cm³/mol. The number of benzene rings is 1. The second kappa shape index (κ2) is 6.66. The molecule has 0 N–H and O–H groups in total. The van der Waals surface area contributed by atoms with Gasteiger partial charge in [0.25, 0.3) is 0 Å². The van der Waals surface area contributed by atoms with E-state index in [-0.39, 0.29) is 12.1 Å². The Hall–Kier alpha value is -0.960. The van der Waals surface area contributed by atoms with Crippen LogP contribution in [0, 0.1) is 17.8 Å². The lowest BCUT2D eigenvalue weighted by Gasteiger charge is -2.36. The van der Waals surface area contributed by atoms with Gasteiger partial charge in [0.1, 0.15) is 6.10 Å². The van der Waals surface area contributed by atoms with E-state index in [0.717, 1.165) is 12.8 Å². The number of ether oxygens (including phenoxy) is 1. The van der Waals surface area contributed by atoms with Crippen LogP contribution in [-0.4, -0.2) is 12.1 Å². The first-order valence-corrected chi connectivity index (χ1v) is 7.92. The van der Waals surface area contributed by atoms with E-state index in [9.17, 15) is 4.79 Å². The third kappa shape index (κ3) is 3.57. The first-order chi connectivity index (χ1) is 9.49. The molecule has 1 fully saturated rings. The average Bonchev–Trinajstić information content (AvgIpc) is 2.38. The Morgan fingerprint density at radius 2 is 2.00 bits per heavy atom. The molecule has 1 aliphatic carbocycles. The minimum absolute atomic E-state index is 0.0409. The molecule has 1 aliphatic rings. The van der Waals surface area contributed by atoms with E-state index in [1.807, 2.05) is 18.2 Å². The zero-order chi connectivity index (χ0) is 14.7. The maximum absolute atomic E-state index is 12.3. The summed E-state index contributed by atoms with van der Waals surface area (Å²) in [5.41, 5.74) is 0.566. The summed E-state index contributed by atoms with van der Waals surface area (Å²) >= 11 is 4.34. The molecule has 0 spiro atoms. The maximum atomic E-state index is 12.3. The second-order valence-electron chi connectivity index (χ2n) is 6.29. The minimum atomic E-state index is -0.236. The number of rotatable bonds is 3.